The second kappa shape index (κ2) is 10.6. The third kappa shape index (κ3) is 5.00. The molecule has 0 aromatic carbocycles. The molecule has 0 spiro atoms. The number of alkyl halides is 3. The van der Waals surface area contributed by atoms with Gasteiger partial charge in [0, 0.05) is 50.5 Å². The number of aromatic nitrogens is 5. The Bertz CT molecular complexity index is 1410. The SMILES string of the molecule is C[C@@H]1CN([C@@H](C)c2cc(C(F)(F)F)c3cn(C4CCCC([C@@H](c5nncn5C)C5CCC5)C4)c(=O)n3c2)CCO1. The highest BCUT2D eigenvalue weighted by atomic mass is 19.4. The average Bonchev–Trinajstić information content (AvgIpc) is 3.47. The van der Waals surface area contributed by atoms with Crippen molar-refractivity contribution in [1.82, 2.24) is 28.6 Å². The smallest absolute Gasteiger partial charge is 0.376 e. The van der Waals surface area contributed by atoms with Gasteiger partial charge in [-0.3, -0.25) is 13.9 Å². The molecule has 5 atom stereocenters. The molecule has 0 amide bonds. The number of halogens is 3. The maximum absolute atomic E-state index is 14.4. The fourth-order valence-electron chi connectivity index (χ4n) is 7.33. The van der Waals surface area contributed by atoms with E-state index in [4.69, 9.17) is 4.74 Å². The molecule has 0 bridgehead atoms. The van der Waals surface area contributed by atoms with Gasteiger partial charge in [-0.1, -0.05) is 12.8 Å². The Balaban J connectivity index is 1.35. The number of hydrogen-bond acceptors (Lipinski definition) is 5. The van der Waals surface area contributed by atoms with Crippen LogP contribution in [0, 0.1) is 11.8 Å². The van der Waals surface area contributed by atoms with Crippen LogP contribution >= 0.6 is 0 Å². The normalized spacial score (nSPS) is 26.6. The minimum absolute atomic E-state index is 0.00961. The summed E-state index contributed by atoms with van der Waals surface area (Å²) in [6.45, 7) is 5.67. The molecule has 218 valence electrons. The summed E-state index contributed by atoms with van der Waals surface area (Å²) in [4.78, 5) is 15.9. The van der Waals surface area contributed by atoms with Crippen molar-refractivity contribution in [3.63, 3.8) is 0 Å². The lowest BCUT2D eigenvalue weighted by Gasteiger charge is -2.41. The molecule has 6 rings (SSSR count). The third-order valence-corrected chi connectivity index (χ3v) is 9.71. The summed E-state index contributed by atoms with van der Waals surface area (Å²) < 4.78 is 53.6. The van der Waals surface area contributed by atoms with Gasteiger partial charge in [0.15, 0.2) is 0 Å². The summed E-state index contributed by atoms with van der Waals surface area (Å²) in [5.41, 5.74) is -0.736. The number of nitrogens with zero attached hydrogens (tertiary/aromatic N) is 6. The number of hydrogen-bond donors (Lipinski definition) is 0. The zero-order valence-corrected chi connectivity index (χ0v) is 23.5. The van der Waals surface area contributed by atoms with Gasteiger partial charge >= 0.3 is 11.9 Å². The Morgan fingerprint density at radius 2 is 1.85 bits per heavy atom. The number of pyridine rings is 1. The molecular weight excluding hydrogens is 521 g/mol. The van der Waals surface area contributed by atoms with Crippen molar-refractivity contribution in [2.45, 2.75) is 89.1 Å². The first-order chi connectivity index (χ1) is 19.1. The van der Waals surface area contributed by atoms with Crippen molar-refractivity contribution in [2.75, 3.05) is 19.7 Å². The summed E-state index contributed by atoms with van der Waals surface area (Å²) in [5, 5.41) is 8.58. The topological polar surface area (TPSA) is 69.6 Å². The highest BCUT2D eigenvalue weighted by Gasteiger charge is 2.41. The molecule has 2 unspecified atom stereocenters. The van der Waals surface area contributed by atoms with Gasteiger partial charge in [-0.15, -0.1) is 10.2 Å². The van der Waals surface area contributed by atoms with Crippen LogP contribution in [-0.4, -0.2) is 54.4 Å². The van der Waals surface area contributed by atoms with Crippen molar-refractivity contribution in [3.05, 3.63) is 52.2 Å². The minimum atomic E-state index is -4.58. The molecule has 3 fully saturated rings. The highest BCUT2D eigenvalue weighted by molar-refractivity contribution is 5.56. The van der Waals surface area contributed by atoms with Gasteiger partial charge in [-0.25, -0.2) is 4.79 Å². The zero-order valence-electron chi connectivity index (χ0n) is 23.5. The molecule has 4 heterocycles. The van der Waals surface area contributed by atoms with Gasteiger partial charge < -0.3 is 9.30 Å². The maximum Gasteiger partial charge on any atom is 0.418 e. The number of imidazole rings is 1. The van der Waals surface area contributed by atoms with Crippen LogP contribution in [0.2, 0.25) is 0 Å². The van der Waals surface area contributed by atoms with E-state index in [1.54, 1.807) is 17.1 Å². The Kier molecular flexibility index (Phi) is 7.31. The van der Waals surface area contributed by atoms with E-state index in [1.807, 2.05) is 25.5 Å². The van der Waals surface area contributed by atoms with E-state index in [0.29, 0.717) is 37.1 Å². The summed E-state index contributed by atoms with van der Waals surface area (Å²) in [7, 11) is 1.97. The molecule has 1 aliphatic heterocycles. The molecule has 3 aliphatic rings. The molecular formula is C29H39F3N6O2. The van der Waals surface area contributed by atoms with Crippen molar-refractivity contribution >= 4 is 5.52 Å². The van der Waals surface area contributed by atoms with Crippen molar-refractivity contribution in [1.29, 1.82) is 0 Å². The minimum Gasteiger partial charge on any atom is -0.376 e. The predicted molar refractivity (Wildman–Crippen MR) is 144 cm³/mol. The van der Waals surface area contributed by atoms with Crippen LogP contribution < -0.4 is 5.69 Å². The Morgan fingerprint density at radius 3 is 2.50 bits per heavy atom. The van der Waals surface area contributed by atoms with E-state index in [0.717, 1.165) is 44.3 Å². The quantitative estimate of drug-likeness (QED) is 0.407. The van der Waals surface area contributed by atoms with Crippen molar-refractivity contribution in [2.24, 2.45) is 18.9 Å². The molecule has 3 aromatic heterocycles. The standard InChI is InChI=1S/C29H39F3N6O2/c1-18-14-36(10-11-40-18)19(2)22-13-24(29(30,31)32)25-16-37(28(39)38(25)15-22)23-9-5-8-21(12-23)26(20-6-4-7-20)27-34-33-17-35(27)3/h13,15-21,23,26H,4-12,14H2,1-3H3/t18-,19+,21?,23?,26+/m1/s1. The molecule has 8 nitrogen and oxygen atoms in total. The summed E-state index contributed by atoms with van der Waals surface area (Å²) in [5.74, 6) is 2.09. The first-order valence-electron chi connectivity index (χ1n) is 14.7. The third-order valence-electron chi connectivity index (χ3n) is 9.71. The molecule has 40 heavy (non-hydrogen) atoms. The van der Waals surface area contributed by atoms with Crippen molar-refractivity contribution in [3.8, 4) is 0 Å². The van der Waals surface area contributed by atoms with Crippen LogP contribution in [-0.2, 0) is 18.0 Å². The molecule has 3 aromatic rings. The maximum atomic E-state index is 14.4. The van der Waals surface area contributed by atoms with E-state index >= 15 is 0 Å². The summed E-state index contributed by atoms with van der Waals surface area (Å²) >= 11 is 0. The second-order valence-corrected chi connectivity index (χ2v) is 12.2. The van der Waals surface area contributed by atoms with E-state index in [2.05, 4.69) is 15.1 Å². The van der Waals surface area contributed by atoms with E-state index in [-0.39, 0.29) is 29.6 Å². The van der Waals surface area contributed by atoms with Crippen LogP contribution in [0.15, 0.2) is 29.6 Å². The first-order valence-corrected chi connectivity index (χ1v) is 14.7. The number of fused-ring (bicyclic) bond motifs is 1. The molecule has 0 radical (unpaired) electrons. The lowest BCUT2D eigenvalue weighted by Crippen LogP contribution is -2.42. The lowest BCUT2D eigenvalue weighted by molar-refractivity contribution is -0.136. The van der Waals surface area contributed by atoms with Crippen LogP contribution in [0.3, 0.4) is 0 Å². The molecule has 2 aliphatic carbocycles. The zero-order chi connectivity index (χ0) is 28.2. The molecule has 11 heteroatoms. The monoisotopic (exact) mass is 560 g/mol. The number of ether oxygens (including phenoxy) is 1. The summed E-state index contributed by atoms with van der Waals surface area (Å²) in [6, 6.07) is 0.804. The van der Waals surface area contributed by atoms with Gasteiger partial charge in [0.05, 0.1) is 23.8 Å². The second-order valence-electron chi connectivity index (χ2n) is 12.2. The molecule has 2 saturated carbocycles. The predicted octanol–water partition coefficient (Wildman–Crippen LogP) is 5.35. The van der Waals surface area contributed by atoms with Crippen LogP contribution in [0.1, 0.15) is 93.7 Å². The lowest BCUT2D eigenvalue weighted by atomic mass is 9.66. The number of rotatable bonds is 6. The molecule has 0 N–H and O–H groups in total. The Labute approximate surface area is 232 Å². The van der Waals surface area contributed by atoms with Crippen LogP contribution in [0.25, 0.3) is 5.52 Å². The summed E-state index contributed by atoms with van der Waals surface area (Å²) in [6.07, 6.45) is 7.25. The number of aryl methyl sites for hydroxylation is 1. The van der Waals surface area contributed by atoms with E-state index < -0.39 is 17.4 Å². The fraction of sp³-hybridized carbons (Fsp3) is 0.690. The first kappa shape index (κ1) is 27.5. The van der Waals surface area contributed by atoms with Gasteiger partial charge in [-0.05, 0) is 69.4 Å². The highest BCUT2D eigenvalue weighted by Crippen LogP contribution is 2.49. The van der Waals surface area contributed by atoms with Gasteiger partial charge in [-0.2, -0.15) is 13.2 Å². The van der Waals surface area contributed by atoms with E-state index in [1.165, 1.54) is 23.1 Å². The van der Waals surface area contributed by atoms with Crippen LogP contribution in [0.5, 0.6) is 0 Å². The van der Waals surface area contributed by atoms with Gasteiger partial charge in [0.25, 0.3) is 0 Å². The Hall–Kier alpha value is -2.66. The molecule has 1 saturated heterocycles. The van der Waals surface area contributed by atoms with Crippen LogP contribution in [0.4, 0.5) is 13.2 Å². The fourth-order valence-corrected chi connectivity index (χ4v) is 7.33. The Morgan fingerprint density at radius 1 is 1.10 bits per heavy atom. The largest absolute Gasteiger partial charge is 0.418 e. The van der Waals surface area contributed by atoms with Gasteiger partial charge in [0.2, 0.25) is 0 Å². The van der Waals surface area contributed by atoms with E-state index in [9.17, 15) is 18.0 Å². The van der Waals surface area contributed by atoms with Gasteiger partial charge in [0.1, 0.15) is 12.2 Å². The van der Waals surface area contributed by atoms with Crippen molar-refractivity contribution < 1.29 is 17.9 Å². The average molecular weight is 561 g/mol. The number of morpholine rings is 1.